The highest BCUT2D eigenvalue weighted by Crippen LogP contribution is 2.50. The van der Waals surface area contributed by atoms with Crippen LogP contribution in [0.15, 0.2) is 73.8 Å². The number of halogens is 6. The Labute approximate surface area is 352 Å². The molecule has 17 nitrogen and oxygen atoms in total. The Morgan fingerprint density at radius 3 is 1.79 bits per heavy atom. The number of benzene rings is 3. The molecule has 0 saturated heterocycles. The van der Waals surface area contributed by atoms with Crippen LogP contribution in [0.5, 0.6) is 0 Å². The molecule has 1 N–H and O–H groups in total. The molecule has 1 aliphatic carbocycles. The van der Waals surface area contributed by atoms with E-state index in [-0.39, 0.29) is 54.9 Å². The standard InChI is InChI=1S/C33H40F6N4O13S6/c1-8-40-21-11-14-24-27(17-21)56-28-18-22(43(9-2)10-3)12-15-25(28)30(24)26-16-13-23(62(54,55,61(52,53)42(6)7)20-57(44,45)32(34,35)36)19-29(26)58(46,47)31(60(50,51)41(4)5)59(48,49)33(37,38)39/h11-19,31H,8-10,20H2,1-7H3,(H,54,55). The van der Waals surface area contributed by atoms with Gasteiger partial charge in [0.1, 0.15) is 11.3 Å². The fourth-order valence-corrected chi connectivity index (χ4v) is 24.4. The van der Waals surface area contributed by atoms with Crippen LogP contribution in [0.4, 0.5) is 32.0 Å². The third-order valence-electron chi connectivity index (χ3n) is 9.33. The van der Waals surface area contributed by atoms with Crippen molar-refractivity contribution in [3.05, 3.63) is 60.0 Å². The van der Waals surface area contributed by atoms with Crippen molar-refractivity contribution in [2.75, 3.05) is 57.8 Å². The van der Waals surface area contributed by atoms with E-state index in [1.807, 2.05) is 4.90 Å². The first-order valence-corrected chi connectivity index (χ1v) is 27.8. The van der Waals surface area contributed by atoms with Crippen LogP contribution in [0.2, 0.25) is 0 Å². The van der Waals surface area contributed by atoms with Crippen molar-refractivity contribution >= 4 is 73.6 Å². The number of hydrogen-bond donors (Lipinski definition) is 1. The number of nitrogens with zero attached hydrogens (tertiary/aromatic N) is 4. The molecule has 2 aromatic carbocycles. The Morgan fingerprint density at radius 1 is 0.742 bits per heavy atom. The molecule has 0 bridgehead atoms. The molecule has 2 aromatic rings. The zero-order valence-corrected chi connectivity index (χ0v) is 38.4. The van der Waals surface area contributed by atoms with Gasteiger partial charge in [-0.05, 0) is 57.2 Å². The lowest BCUT2D eigenvalue weighted by atomic mass is 9.93. The first-order chi connectivity index (χ1) is 28.0. The van der Waals surface area contributed by atoms with Crippen LogP contribution >= 0.6 is 0 Å². The highest BCUT2D eigenvalue weighted by Gasteiger charge is 2.63. The lowest BCUT2D eigenvalue weighted by Gasteiger charge is -2.43. The Morgan fingerprint density at radius 2 is 1.31 bits per heavy atom. The average molecular weight is 1010 g/mol. The van der Waals surface area contributed by atoms with Gasteiger partial charge in [-0.1, -0.05) is 14.4 Å². The minimum atomic E-state index is -7.89. The van der Waals surface area contributed by atoms with Crippen molar-refractivity contribution in [2.45, 2.75) is 45.5 Å². The maximum Gasteiger partial charge on any atom is 0.499 e. The third kappa shape index (κ3) is 8.38. The minimum Gasteiger partial charge on any atom is -0.456 e. The van der Waals surface area contributed by atoms with Gasteiger partial charge in [0.05, 0.1) is 15.1 Å². The van der Waals surface area contributed by atoms with Crippen molar-refractivity contribution in [1.29, 1.82) is 0 Å². The van der Waals surface area contributed by atoms with E-state index in [0.29, 0.717) is 53.0 Å². The highest BCUT2D eigenvalue weighted by molar-refractivity contribution is 8.79. The molecule has 4 rings (SSSR count). The zero-order valence-electron chi connectivity index (χ0n) is 33.5. The summed E-state index contributed by atoms with van der Waals surface area (Å²) in [6, 6.07) is 8.38. The summed E-state index contributed by atoms with van der Waals surface area (Å²) in [5.41, 5.74) is -14.4. The lowest BCUT2D eigenvalue weighted by molar-refractivity contribution is -0.0439. The van der Waals surface area contributed by atoms with Crippen molar-refractivity contribution in [3.63, 3.8) is 0 Å². The van der Waals surface area contributed by atoms with Gasteiger partial charge in [-0.15, -0.1) is 0 Å². The summed E-state index contributed by atoms with van der Waals surface area (Å²) in [5, 5.41) is -3.14. The molecule has 1 aliphatic heterocycles. The third-order valence-corrected chi connectivity index (χ3v) is 29.4. The fraction of sp³-hybridized carbons (Fsp3) is 0.424. The van der Waals surface area contributed by atoms with Crippen molar-refractivity contribution in [1.82, 2.24) is 8.61 Å². The number of rotatable bonds is 15. The number of sulfone groups is 3. The van der Waals surface area contributed by atoms with Crippen LogP contribution in [-0.2, 0) is 57.0 Å². The van der Waals surface area contributed by atoms with Crippen LogP contribution in [-0.4, -0.2) is 127 Å². The molecular formula is C33H40F6N4O13S6. The Hall–Kier alpha value is -3.71. The van der Waals surface area contributed by atoms with Gasteiger partial charge >= 0.3 is 20.1 Å². The molecule has 1 atom stereocenters. The second-order valence-corrected chi connectivity index (χ2v) is 30.8. The van der Waals surface area contributed by atoms with Crippen LogP contribution in [0.1, 0.15) is 20.8 Å². The SMILES string of the molecule is CCN=c1ccc2c(-c3ccc(S(=O)(O)(CS(=O)(=O)C(F)(F)F)S(=O)(=O)N(C)C)cc3S(=O)(=O)C(S(=O)(=O)N(C)C)S(=O)(=O)C(F)(F)F)c3ccc(N(CC)CC)cc3oc-2c1. The summed E-state index contributed by atoms with van der Waals surface area (Å²) >= 11 is 0. The van der Waals surface area contributed by atoms with Crippen molar-refractivity contribution < 1.29 is 81.6 Å². The van der Waals surface area contributed by atoms with E-state index in [9.17, 15) is 77.2 Å². The quantitative estimate of drug-likeness (QED) is 0.0997. The second-order valence-electron chi connectivity index (χ2n) is 13.7. The first kappa shape index (κ1) is 50.9. The molecule has 348 valence electrons. The molecule has 0 spiro atoms. The molecule has 0 radical (unpaired) electrons. The predicted octanol–water partition coefficient (Wildman–Crippen LogP) is 4.21. The Bertz CT molecular complexity index is 3110. The molecule has 0 fully saturated rings. The molecule has 0 saturated carbocycles. The van der Waals surface area contributed by atoms with Crippen LogP contribution in [0.3, 0.4) is 0 Å². The van der Waals surface area contributed by atoms with Gasteiger partial charge in [0.2, 0.25) is 19.9 Å². The molecule has 29 heteroatoms. The first-order valence-electron chi connectivity index (χ1n) is 17.5. The minimum absolute atomic E-state index is 0.117. The van der Waals surface area contributed by atoms with Gasteiger partial charge in [-0.3, -0.25) is 9.55 Å². The van der Waals surface area contributed by atoms with E-state index in [2.05, 4.69) is 4.99 Å². The summed E-state index contributed by atoms with van der Waals surface area (Å²) in [6.45, 7) is 6.34. The van der Waals surface area contributed by atoms with Gasteiger partial charge in [0.15, 0.2) is 5.08 Å². The van der Waals surface area contributed by atoms with E-state index < -0.39 is 97.9 Å². The molecule has 1 heterocycles. The van der Waals surface area contributed by atoms with Gasteiger partial charge in [-0.25, -0.2) is 38.0 Å². The zero-order chi connectivity index (χ0) is 47.6. The number of alkyl halides is 6. The summed E-state index contributed by atoms with van der Waals surface area (Å²) in [4.78, 5) is 2.07. The largest absolute Gasteiger partial charge is 0.499 e. The normalized spacial score (nSPS) is 15.6. The van der Waals surface area contributed by atoms with Crippen molar-refractivity contribution in [2.24, 2.45) is 4.99 Å². The fourth-order valence-electron chi connectivity index (χ4n) is 6.19. The van der Waals surface area contributed by atoms with E-state index in [4.69, 9.17) is 4.42 Å². The molecule has 0 amide bonds. The molecule has 1 unspecified atom stereocenters. The van der Waals surface area contributed by atoms with Crippen molar-refractivity contribution in [3.8, 4) is 22.5 Å². The van der Waals surface area contributed by atoms with E-state index in [0.717, 1.165) is 0 Å². The van der Waals surface area contributed by atoms with E-state index in [1.54, 1.807) is 20.8 Å². The average Bonchev–Trinajstić information content (AvgIpc) is 3.12. The van der Waals surface area contributed by atoms with Crippen LogP contribution in [0, 0.1) is 0 Å². The monoisotopic (exact) mass is 1010 g/mol. The number of fused-ring (bicyclic) bond motifs is 2. The maximum absolute atomic E-state index is 14.9. The molecule has 2 aliphatic rings. The van der Waals surface area contributed by atoms with E-state index in [1.165, 1.54) is 36.4 Å². The van der Waals surface area contributed by atoms with Crippen LogP contribution < -0.4 is 10.3 Å². The van der Waals surface area contributed by atoms with Gasteiger partial charge in [-0.2, -0.15) is 43.3 Å². The molecular weight excluding hydrogens is 967 g/mol. The van der Waals surface area contributed by atoms with Gasteiger partial charge in [0, 0.05) is 87.7 Å². The topological polar surface area (TPSA) is 243 Å². The summed E-state index contributed by atoms with van der Waals surface area (Å²) in [5.74, 6) is -0.151. The maximum atomic E-state index is 14.9. The van der Waals surface area contributed by atoms with Gasteiger partial charge < -0.3 is 9.32 Å². The highest BCUT2D eigenvalue weighted by atomic mass is 33.2. The summed E-state index contributed by atoms with van der Waals surface area (Å²) in [6.07, 6.45) is 0. The number of anilines is 1. The van der Waals surface area contributed by atoms with Gasteiger partial charge in [0.25, 0.3) is 23.6 Å². The number of hydrogen-bond acceptors (Lipinski definition) is 14. The lowest BCUT2D eigenvalue weighted by Crippen LogP contribution is -2.53. The predicted molar refractivity (Wildman–Crippen MR) is 218 cm³/mol. The molecule has 0 aromatic heterocycles. The molecule has 62 heavy (non-hydrogen) atoms. The van der Waals surface area contributed by atoms with Crippen LogP contribution in [0.25, 0.3) is 33.4 Å². The second kappa shape index (κ2) is 16.4. The Kier molecular flexibility index (Phi) is 13.5. The smallest absolute Gasteiger partial charge is 0.456 e. The number of sulfonamides is 1. The summed E-state index contributed by atoms with van der Waals surface area (Å²) < 4.78 is 248. The Balaban J connectivity index is 2.46. The summed E-state index contributed by atoms with van der Waals surface area (Å²) in [7, 11) is -40.0. The van der Waals surface area contributed by atoms with E-state index >= 15 is 0 Å².